The summed E-state index contributed by atoms with van der Waals surface area (Å²) in [7, 11) is 0. The van der Waals surface area contributed by atoms with Crippen molar-refractivity contribution in [2.75, 3.05) is 0 Å². The number of amidine groups is 1. The predicted molar refractivity (Wildman–Crippen MR) is 41.8 cm³/mol. The van der Waals surface area contributed by atoms with Crippen LogP contribution in [0.2, 0.25) is 0 Å². The molecule has 0 aromatic rings. The first kappa shape index (κ1) is 7.40. The van der Waals surface area contributed by atoms with E-state index in [-0.39, 0.29) is 5.84 Å². The monoisotopic (exact) mass is 150 g/mol. The lowest BCUT2D eigenvalue weighted by Crippen LogP contribution is -2.09. The van der Waals surface area contributed by atoms with E-state index in [0.717, 1.165) is 0 Å². The zero-order chi connectivity index (χ0) is 8.10. The number of carboxylic acids is 1. The van der Waals surface area contributed by atoms with E-state index in [9.17, 15) is 4.79 Å². The molecule has 1 aliphatic rings. The van der Waals surface area contributed by atoms with Crippen LogP contribution in [0.4, 0.5) is 0 Å². The summed E-state index contributed by atoms with van der Waals surface area (Å²) in [6, 6.07) is 0. The van der Waals surface area contributed by atoms with Crippen molar-refractivity contribution in [2.24, 2.45) is 9.98 Å². The molecule has 0 fully saturated rings. The maximum absolute atomic E-state index is 10.3. The molecule has 0 saturated heterocycles. The van der Waals surface area contributed by atoms with E-state index in [2.05, 4.69) is 9.98 Å². The molecule has 0 radical (unpaired) electrons. The van der Waals surface area contributed by atoms with Crippen molar-refractivity contribution in [3.63, 3.8) is 0 Å². The van der Waals surface area contributed by atoms with Crippen LogP contribution < -0.4 is 0 Å². The van der Waals surface area contributed by atoms with E-state index in [1.807, 2.05) is 0 Å². The van der Waals surface area contributed by atoms with Gasteiger partial charge in [0.2, 0.25) is 5.84 Å². The molecule has 56 valence electrons. The van der Waals surface area contributed by atoms with E-state index >= 15 is 0 Å². The van der Waals surface area contributed by atoms with Gasteiger partial charge in [-0.1, -0.05) is 6.08 Å². The van der Waals surface area contributed by atoms with Gasteiger partial charge in [0.05, 0.1) is 0 Å². The van der Waals surface area contributed by atoms with Crippen LogP contribution in [0.15, 0.2) is 34.4 Å². The minimum Gasteiger partial charge on any atom is -0.475 e. The van der Waals surface area contributed by atoms with Crippen molar-refractivity contribution >= 4 is 18.0 Å². The predicted octanol–water partition coefficient (Wildman–Crippen LogP) is 0.624. The van der Waals surface area contributed by atoms with Crippen LogP contribution in [0.1, 0.15) is 0 Å². The molecular formula is C7H6N2O2. The fourth-order valence-electron chi connectivity index (χ4n) is 0.535. The van der Waals surface area contributed by atoms with E-state index in [1.54, 1.807) is 18.2 Å². The summed E-state index contributed by atoms with van der Waals surface area (Å²) in [6.07, 6.45) is 7.75. The van der Waals surface area contributed by atoms with Crippen molar-refractivity contribution in [3.05, 3.63) is 24.4 Å². The summed E-state index contributed by atoms with van der Waals surface area (Å²) >= 11 is 0. The summed E-state index contributed by atoms with van der Waals surface area (Å²) in [5.41, 5.74) is 0. The summed E-state index contributed by atoms with van der Waals surface area (Å²) in [5, 5.41) is 8.45. The zero-order valence-electron chi connectivity index (χ0n) is 5.64. The van der Waals surface area contributed by atoms with E-state index in [1.165, 1.54) is 12.4 Å². The van der Waals surface area contributed by atoms with Gasteiger partial charge in [0, 0.05) is 12.4 Å². The van der Waals surface area contributed by atoms with Crippen LogP contribution in [-0.2, 0) is 4.79 Å². The largest absolute Gasteiger partial charge is 0.475 e. The van der Waals surface area contributed by atoms with Gasteiger partial charge in [-0.3, -0.25) is 0 Å². The molecule has 0 aromatic heterocycles. The van der Waals surface area contributed by atoms with E-state index in [4.69, 9.17) is 5.11 Å². The van der Waals surface area contributed by atoms with E-state index in [0.29, 0.717) is 0 Å². The van der Waals surface area contributed by atoms with Crippen LogP contribution in [0.3, 0.4) is 0 Å². The SMILES string of the molecule is O=C(O)C1=NC=CC=CC=N1. The van der Waals surface area contributed by atoms with Crippen molar-refractivity contribution in [2.45, 2.75) is 0 Å². The molecule has 0 unspecified atom stereocenters. The third-order valence-electron chi connectivity index (χ3n) is 0.979. The molecule has 0 amide bonds. The van der Waals surface area contributed by atoms with Crippen LogP contribution in [0.5, 0.6) is 0 Å². The molecule has 0 spiro atoms. The lowest BCUT2D eigenvalue weighted by molar-refractivity contribution is -0.129. The maximum atomic E-state index is 10.3. The average molecular weight is 150 g/mol. The average Bonchev–Trinajstić information content (AvgIpc) is 1.84. The highest BCUT2D eigenvalue weighted by molar-refractivity contribution is 6.36. The normalized spacial score (nSPS) is 15.5. The number of nitrogens with zero attached hydrogens (tertiary/aromatic N) is 2. The highest BCUT2D eigenvalue weighted by atomic mass is 16.4. The molecule has 1 N–H and O–H groups in total. The highest BCUT2D eigenvalue weighted by Gasteiger charge is 2.04. The number of allylic oxidation sites excluding steroid dienone is 3. The Kier molecular flexibility index (Phi) is 2.32. The van der Waals surface area contributed by atoms with Crippen LogP contribution >= 0.6 is 0 Å². The number of hydrogen-bond donors (Lipinski definition) is 1. The van der Waals surface area contributed by atoms with Gasteiger partial charge in [0.1, 0.15) is 0 Å². The number of rotatable bonds is 1. The Hall–Kier alpha value is -1.71. The molecule has 0 saturated carbocycles. The lowest BCUT2D eigenvalue weighted by atomic mass is 10.4. The fourth-order valence-corrected chi connectivity index (χ4v) is 0.535. The summed E-state index contributed by atoms with van der Waals surface area (Å²) in [4.78, 5) is 17.5. The van der Waals surface area contributed by atoms with Gasteiger partial charge >= 0.3 is 5.97 Å². The Bertz CT molecular complexity index is 274. The lowest BCUT2D eigenvalue weighted by Gasteiger charge is -1.90. The second kappa shape index (κ2) is 3.46. The van der Waals surface area contributed by atoms with Crippen molar-refractivity contribution < 1.29 is 9.90 Å². The zero-order valence-corrected chi connectivity index (χ0v) is 5.64. The quantitative estimate of drug-likeness (QED) is 0.595. The van der Waals surface area contributed by atoms with Crippen molar-refractivity contribution in [1.82, 2.24) is 0 Å². The molecule has 1 rings (SSSR count). The summed E-state index contributed by atoms with van der Waals surface area (Å²) < 4.78 is 0. The number of carboxylic acid groups (broad SMARTS) is 1. The third-order valence-corrected chi connectivity index (χ3v) is 0.979. The smallest absolute Gasteiger partial charge is 0.373 e. The second-order valence-electron chi connectivity index (χ2n) is 1.76. The first-order chi connectivity index (χ1) is 5.30. The van der Waals surface area contributed by atoms with Gasteiger partial charge in [-0.15, -0.1) is 0 Å². The Morgan fingerprint density at radius 2 is 2.18 bits per heavy atom. The Morgan fingerprint density at radius 3 is 2.91 bits per heavy atom. The number of aliphatic imine (C=N–C) groups is 2. The molecule has 0 aliphatic carbocycles. The molecule has 1 heterocycles. The second-order valence-corrected chi connectivity index (χ2v) is 1.76. The first-order valence-corrected chi connectivity index (χ1v) is 2.97. The Morgan fingerprint density at radius 1 is 1.36 bits per heavy atom. The minimum absolute atomic E-state index is 0.203. The summed E-state index contributed by atoms with van der Waals surface area (Å²) in [6.45, 7) is 0. The van der Waals surface area contributed by atoms with Gasteiger partial charge in [0.25, 0.3) is 0 Å². The molecule has 0 atom stereocenters. The van der Waals surface area contributed by atoms with Crippen molar-refractivity contribution in [1.29, 1.82) is 0 Å². The molecular weight excluding hydrogens is 144 g/mol. The van der Waals surface area contributed by atoms with Crippen LogP contribution in [-0.4, -0.2) is 23.1 Å². The molecule has 0 aromatic carbocycles. The number of hydrogen-bond acceptors (Lipinski definition) is 3. The number of carbonyl (C=O) groups is 1. The third kappa shape index (κ3) is 2.17. The van der Waals surface area contributed by atoms with E-state index < -0.39 is 5.97 Å². The number of aliphatic carboxylic acids is 1. The molecule has 4 nitrogen and oxygen atoms in total. The van der Waals surface area contributed by atoms with Gasteiger partial charge < -0.3 is 5.11 Å². The van der Waals surface area contributed by atoms with Gasteiger partial charge in [-0.05, 0) is 12.2 Å². The van der Waals surface area contributed by atoms with Crippen LogP contribution in [0.25, 0.3) is 0 Å². The standard InChI is InChI=1S/C7H6N2O2/c10-7(11)6-8-4-2-1-3-5-9-6/h1-5H,(H,10,11). The van der Waals surface area contributed by atoms with Gasteiger partial charge in [-0.25, -0.2) is 14.8 Å². The van der Waals surface area contributed by atoms with Gasteiger partial charge in [-0.2, -0.15) is 0 Å². The molecule has 4 heteroatoms. The molecule has 0 bridgehead atoms. The van der Waals surface area contributed by atoms with Gasteiger partial charge in [0.15, 0.2) is 0 Å². The molecule has 1 aliphatic heterocycles. The minimum atomic E-state index is -1.12. The Balaban J connectivity index is 2.87. The Labute approximate surface area is 63.3 Å². The maximum Gasteiger partial charge on any atom is 0.373 e. The highest BCUT2D eigenvalue weighted by Crippen LogP contribution is 1.88. The topological polar surface area (TPSA) is 62.0 Å². The van der Waals surface area contributed by atoms with Crippen molar-refractivity contribution in [3.8, 4) is 0 Å². The summed E-state index contributed by atoms with van der Waals surface area (Å²) in [5.74, 6) is -1.33. The van der Waals surface area contributed by atoms with Crippen LogP contribution in [0, 0.1) is 0 Å². The first-order valence-electron chi connectivity index (χ1n) is 2.97. The fraction of sp³-hybridized carbons (Fsp3) is 0. The molecule has 11 heavy (non-hydrogen) atoms.